The minimum atomic E-state index is -0.118. The van der Waals surface area contributed by atoms with E-state index < -0.39 is 0 Å². The van der Waals surface area contributed by atoms with Crippen LogP contribution in [-0.4, -0.2) is 22.4 Å². The van der Waals surface area contributed by atoms with E-state index >= 15 is 0 Å². The molecule has 0 bridgehead atoms. The third-order valence-corrected chi connectivity index (χ3v) is 3.26. The summed E-state index contributed by atoms with van der Waals surface area (Å²) in [6, 6.07) is 9.39. The van der Waals surface area contributed by atoms with Crippen LogP contribution >= 0.6 is 0 Å². The average molecular weight is 298 g/mol. The molecule has 0 fully saturated rings. The molecule has 2 heterocycles. The predicted octanol–water partition coefficient (Wildman–Crippen LogP) is 3.01. The first-order chi connectivity index (χ1) is 10.8. The van der Waals surface area contributed by atoms with Gasteiger partial charge in [0.15, 0.2) is 0 Å². The van der Waals surface area contributed by atoms with E-state index in [1.54, 1.807) is 18.5 Å². The monoisotopic (exact) mass is 298 g/mol. The Balaban J connectivity index is 1.81. The van der Waals surface area contributed by atoms with Gasteiger partial charge in [-0.15, -0.1) is 0 Å². The fourth-order valence-corrected chi connectivity index (χ4v) is 2.00. The first-order valence-electron chi connectivity index (χ1n) is 7.67. The number of nitrogens with zero attached hydrogens (tertiary/aromatic N) is 2. The van der Waals surface area contributed by atoms with Crippen molar-refractivity contribution in [2.75, 3.05) is 11.9 Å². The highest BCUT2D eigenvalue weighted by Gasteiger charge is 2.06. The third-order valence-electron chi connectivity index (χ3n) is 3.26. The molecule has 2 rings (SSSR count). The van der Waals surface area contributed by atoms with Crippen LogP contribution in [0.15, 0.2) is 42.7 Å². The quantitative estimate of drug-likeness (QED) is 0.735. The van der Waals surface area contributed by atoms with Crippen LogP contribution in [-0.2, 0) is 6.54 Å². The summed E-state index contributed by atoms with van der Waals surface area (Å²) in [5.74, 6) is -0.118. The van der Waals surface area contributed by atoms with Gasteiger partial charge in [0.2, 0.25) is 0 Å². The number of amides is 1. The number of unbranched alkanes of at least 4 members (excludes halogenated alkanes) is 2. The standard InChI is InChI=1S/C17H22N4O/c1-2-3-5-11-19-17(22)16-9-8-15(13-21-16)20-12-14-7-4-6-10-18-14/h4,6-10,13,20H,2-3,5,11-12H2,1H3,(H,19,22). The lowest BCUT2D eigenvalue weighted by molar-refractivity contribution is 0.0948. The number of carbonyl (C=O) groups excluding carboxylic acids is 1. The molecule has 1 amide bonds. The number of carbonyl (C=O) groups is 1. The molecule has 0 atom stereocenters. The molecule has 116 valence electrons. The van der Waals surface area contributed by atoms with E-state index in [2.05, 4.69) is 27.5 Å². The van der Waals surface area contributed by atoms with Crippen molar-refractivity contribution in [1.82, 2.24) is 15.3 Å². The lowest BCUT2D eigenvalue weighted by atomic mass is 10.2. The van der Waals surface area contributed by atoms with Crippen LogP contribution in [0.5, 0.6) is 0 Å². The molecule has 0 spiro atoms. The highest BCUT2D eigenvalue weighted by Crippen LogP contribution is 2.08. The largest absolute Gasteiger partial charge is 0.378 e. The molecule has 0 saturated carbocycles. The Hall–Kier alpha value is -2.43. The van der Waals surface area contributed by atoms with Crippen LogP contribution in [0.3, 0.4) is 0 Å². The van der Waals surface area contributed by atoms with Gasteiger partial charge in [0.1, 0.15) is 5.69 Å². The van der Waals surface area contributed by atoms with Crippen LogP contribution in [0.1, 0.15) is 42.4 Å². The second kappa shape index (κ2) is 8.77. The zero-order valence-electron chi connectivity index (χ0n) is 12.9. The van der Waals surface area contributed by atoms with Crippen molar-refractivity contribution in [3.05, 3.63) is 54.1 Å². The summed E-state index contributed by atoms with van der Waals surface area (Å²) < 4.78 is 0. The summed E-state index contributed by atoms with van der Waals surface area (Å²) >= 11 is 0. The van der Waals surface area contributed by atoms with Crippen molar-refractivity contribution in [2.24, 2.45) is 0 Å². The van der Waals surface area contributed by atoms with Crippen molar-refractivity contribution >= 4 is 11.6 Å². The van der Waals surface area contributed by atoms with Crippen molar-refractivity contribution in [2.45, 2.75) is 32.7 Å². The SMILES string of the molecule is CCCCCNC(=O)c1ccc(NCc2ccccn2)cn1. The number of hydrogen-bond donors (Lipinski definition) is 2. The summed E-state index contributed by atoms with van der Waals surface area (Å²) in [6.45, 7) is 3.47. The molecule has 5 heteroatoms. The molecule has 22 heavy (non-hydrogen) atoms. The van der Waals surface area contributed by atoms with E-state index in [1.807, 2.05) is 24.3 Å². The molecular formula is C17H22N4O. The smallest absolute Gasteiger partial charge is 0.269 e. The Bertz CT molecular complexity index is 569. The van der Waals surface area contributed by atoms with Gasteiger partial charge in [-0.05, 0) is 30.7 Å². The summed E-state index contributed by atoms with van der Waals surface area (Å²) in [5.41, 5.74) is 2.27. The molecule has 0 aliphatic rings. The number of rotatable bonds is 8. The Morgan fingerprint density at radius 1 is 1.14 bits per heavy atom. The van der Waals surface area contributed by atoms with Crippen LogP contribution in [0, 0.1) is 0 Å². The van der Waals surface area contributed by atoms with Crippen LogP contribution in [0.25, 0.3) is 0 Å². The van der Waals surface area contributed by atoms with Gasteiger partial charge in [0.25, 0.3) is 5.91 Å². The van der Waals surface area contributed by atoms with Crippen molar-refractivity contribution in [1.29, 1.82) is 0 Å². The molecule has 2 N–H and O–H groups in total. The van der Waals surface area contributed by atoms with Crippen molar-refractivity contribution < 1.29 is 4.79 Å². The van der Waals surface area contributed by atoms with E-state index in [0.717, 1.165) is 30.6 Å². The Kier molecular flexibility index (Phi) is 6.36. The molecule has 2 aromatic heterocycles. The molecule has 2 aromatic rings. The van der Waals surface area contributed by atoms with Gasteiger partial charge in [-0.3, -0.25) is 9.78 Å². The van der Waals surface area contributed by atoms with Gasteiger partial charge in [-0.2, -0.15) is 0 Å². The van der Waals surface area contributed by atoms with Gasteiger partial charge in [-0.1, -0.05) is 25.8 Å². The second-order valence-corrected chi connectivity index (χ2v) is 5.07. The minimum absolute atomic E-state index is 0.118. The molecule has 5 nitrogen and oxygen atoms in total. The summed E-state index contributed by atoms with van der Waals surface area (Å²) in [7, 11) is 0. The van der Waals surface area contributed by atoms with E-state index in [0.29, 0.717) is 18.8 Å². The minimum Gasteiger partial charge on any atom is -0.378 e. The van der Waals surface area contributed by atoms with Gasteiger partial charge in [0.05, 0.1) is 24.1 Å². The molecule has 0 radical (unpaired) electrons. The van der Waals surface area contributed by atoms with Crippen LogP contribution < -0.4 is 10.6 Å². The number of aromatic nitrogens is 2. The number of anilines is 1. The zero-order chi connectivity index (χ0) is 15.6. The first kappa shape index (κ1) is 15.9. The number of hydrogen-bond acceptors (Lipinski definition) is 4. The van der Waals surface area contributed by atoms with Gasteiger partial charge < -0.3 is 10.6 Å². The lowest BCUT2D eigenvalue weighted by Gasteiger charge is -2.07. The van der Waals surface area contributed by atoms with Gasteiger partial charge in [0, 0.05) is 12.7 Å². The normalized spacial score (nSPS) is 10.2. The van der Waals surface area contributed by atoms with Gasteiger partial charge in [-0.25, -0.2) is 4.98 Å². The van der Waals surface area contributed by atoms with Gasteiger partial charge >= 0.3 is 0 Å². The van der Waals surface area contributed by atoms with Crippen molar-refractivity contribution in [3.63, 3.8) is 0 Å². The fourth-order valence-electron chi connectivity index (χ4n) is 2.00. The second-order valence-electron chi connectivity index (χ2n) is 5.07. The third kappa shape index (κ3) is 5.16. The summed E-state index contributed by atoms with van der Waals surface area (Å²) in [4.78, 5) is 20.3. The number of nitrogens with one attached hydrogen (secondary N) is 2. The Labute approximate surface area is 131 Å². The van der Waals surface area contributed by atoms with E-state index in [4.69, 9.17) is 0 Å². The maximum absolute atomic E-state index is 11.9. The zero-order valence-corrected chi connectivity index (χ0v) is 12.9. The topological polar surface area (TPSA) is 66.9 Å². The van der Waals surface area contributed by atoms with Crippen LogP contribution in [0.4, 0.5) is 5.69 Å². The average Bonchev–Trinajstić information content (AvgIpc) is 2.58. The highest BCUT2D eigenvalue weighted by molar-refractivity contribution is 5.92. The Morgan fingerprint density at radius 3 is 2.73 bits per heavy atom. The van der Waals surface area contributed by atoms with Crippen LogP contribution in [0.2, 0.25) is 0 Å². The maximum atomic E-state index is 11.9. The molecule has 0 aliphatic heterocycles. The lowest BCUT2D eigenvalue weighted by Crippen LogP contribution is -2.25. The Morgan fingerprint density at radius 2 is 2.05 bits per heavy atom. The van der Waals surface area contributed by atoms with E-state index in [-0.39, 0.29) is 5.91 Å². The molecule has 0 aliphatic carbocycles. The maximum Gasteiger partial charge on any atom is 0.269 e. The molecule has 0 unspecified atom stereocenters. The molecule has 0 aromatic carbocycles. The summed E-state index contributed by atoms with van der Waals surface area (Å²) in [5, 5.41) is 6.11. The van der Waals surface area contributed by atoms with Crippen molar-refractivity contribution in [3.8, 4) is 0 Å². The van der Waals surface area contributed by atoms with E-state index in [1.165, 1.54) is 0 Å². The fraction of sp³-hybridized carbons (Fsp3) is 0.353. The number of pyridine rings is 2. The summed E-state index contributed by atoms with van der Waals surface area (Å²) in [6.07, 6.45) is 6.71. The van der Waals surface area contributed by atoms with E-state index in [9.17, 15) is 4.79 Å². The predicted molar refractivity (Wildman–Crippen MR) is 87.7 cm³/mol. The first-order valence-corrected chi connectivity index (χ1v) is 7.67. The molecular weight excluding hydrogens is 276 g/mol. The highest BCUT2D eigenvalue weighted by atomic mass is 16.1. The molecule has 0 saturated heterocycles.